The number of amides is 1. The molecule has 5 nitrogen and oxygen atoms in total. The van der Waals surface area contributed by atoms with Crippen LogP contribution in [0.25, 0.3) is 10.6 Å². The summed E-state index contributed by atoms with van der Waals surface area (Å²) in [5.74, 6) is 0.773. The van der Waals surface area contributed by atoms with Crippen molar-refractivity contribution in [2.45, 2.75) is 6.61 Å². The van der Waals surface area contributed by atoms with Crippen molar-refractivity contribution in [1.82, 2.24) is 14.8 Å². The van der Waals surface area contributed by atoms with Crippen molar-refractivity contribution in [3.8, 4) is 16.3 Å². The monoisotopic (exact) mass is 427 g/mol. The topological polar surface area (TPSA) is 45.7 Å². The summed E-state index contributed by atoms with van der Waals surface area (Å²) < 4.78 is 5.91. The van der Waals surface area contributed by atoms with E-state index in [-0.39, 0.29) is 5.91 Å². The molecule has 0 radical (unpaired) electrons. The first-order valence-electron chi connectivity index (χ1n) is 9.49. The Morgan fingerprint density at radius 2 is 1.90 bits per heavy atom. The van der Waals surface area contributed by atoms with Crippen LogP contribution in [0.2, 0.25) is 5.02 Å². The lowest BCUT2D eigenvalue weighted by Gasteiger charge is -2.31. The fraction of sp³-hybridized carbons (Fsp3) is 0.273. The van der Waals surface area contributed by atoms with Gasteiger partial charge < -0.3 is 14.5 Å². The van der Waals surface area contributed by atoms with E-state index >= 15 is 0 Å². The summed E-state index contributed by atoms with van der Waals surface area (Å²) in [7, 11) is 2.07. The van der Waals surface area contributed by atoms with Crippen LogP contribution in [0.15, 0.2) is 53.9 Å². The molecule has 29 heavy (non-hydrogen) atoms. The Balaban J connectivity index is 1.43. The van der Waals surface area contributed by atoms with Crippen molar-refractivity contribution in [2.75, 3.05) is 33.2 Å². The largest absolute Gasteiger partial charge is 0.489 e. The zero-order chi connectivity index (χ0) is 20.2. The molecule has 2 aromatic carbocycles. The van der Waals surface area contributed by atoms with Crippen molar-refractivity contribution >= 4 is 28.8 Å². The summed E-state index contributed by atoms with van der Waals surface area (Å²) in [5, 5.41) is 3.37. The average molecular weight is 428 g/mol. The molecule has 0 spiro atoms. The lowest BCUT2D eigenvalue weighted by molar-refractivity contribution is 0.0659. The predicted octanol–water partition coefficient (Wildman–Crippen LogP) is 4.43. The van der Waals surface area contributed by atoms with E-state index in [4.69, 9.17) is 16.3 Å². The van der Waals surface area contributed by atoms with E-state index in [2.05, 4.69) is 16.9 Å². The second-order valence-electron chi connectivity index (χ2n) is 7.08. The van der Waals surface area contributed by atoms with Crippen LogP contribution < -0.4 is 4.74 Å². The highest BCUT2D eigenvalue weighted by atomic mass is 35.5. The third kappa shape index (κ3) is 4.96. The number of halogens is 1. The molecule has 7 heteroatoms. The number of thiazole rings is 1. The molecule has 1 fully saturated rings. The third-order valence-corrected chi connectivity index (χ3v) is 6.06. The normalized spacial score (nSPS) is 14.8. The minimum Gasteiger partial charge on any atom is -0.489 e. The minimum absolute atomic E-state index is 0.00995. The lowest BCUT2D eigenvalue weighted by atomic mass is 10.2. The Morgan fingerprint density at radius 3 is 2.66 bits per heavy atom. The van der Waals surface area contributed by atoms with E-state index in [1.165, 1.54) is 11.3 Å². The first-order valence-corrected chi connectivity index (χ1v) is 10.8. The van der Waals surface area contributed by atoms with Gasteiger partial charge in [-0.3, -0.25) is 4.79 Å². The maximum atomic E-state index is 12.7. The molecule has 0 N–H and O–H groups in total. The number of ether oxygens (including phenoxy) is 1. The zero-order valence-electron chi connectivity index (χ0n) is 16.2. The Bertz CT molecular complexity index is 982. The summed E-state index contributed by atoms with van der Waals surface area (Å²) in [4.78, 5) is 21.4. The number of aromatic nitrogens is 1. The first-order chi connectivity index (χ1) is 14.1. The molecule has 1 aromatic heterocycles. The molecule has 0 atom stereocenters. The number of rotatable bonds is 5. The molecule has 0 aliphatic carbocycles. The van der Waals surface area contributed by atoms with Crippen molar-refractivity contribution in [3.63, 3.8) is 0 Å². The smallest absolute Gasteiger partial charge is 0.273 e. The van der Waals surface area contributed by atoms with Crippen molar-refractivity contribution in [1.29, 1.82) is 0 Å². The molecule has 150 valence electrons. The van der Waals surface area contributed by atoms with Gasteiger partial charge in [0, 0.05) is 42.1 Å². The molecule has 4 rings (SSSR count). The standard InChI is InChI=1S/C22H22ClN3O2S/c1-25-9-11-26(12-10-25)22(27)20-15-29-21(24-20)17-3-2-4-19(13-17)28-14-16-5-7-18(23)8-6-16/h2-8,13,15H,9-12,14H2,1H3. The maximum Gasteiger partial charge on any atom is 0.273 e. The van der Waals surface area contributed by atoms with Gasteiger partial charge in [-0.15, -0.1) is 11.3 Å². The van der Waals surface area contributed by atoms with Gasteiger partial charge in [0.1, 0.15) is 23.1 Å². The average Bonchev–Trinajstić information content (AvgIpc) is 3.24. The van der Waals surface area contributed by atoms with Crippen molar-refractivity contribution in [3.05, 3.63) is 70.2 Å². The van der Waals surface area contributed by atoms with E-state index < -0.39 is 0 Å². The van der Waals surface area contributed by atoms with Gasteiger partial charge in [0.25, 0.3) is 5.91 Å². The highest BCUT2D eigenvalue weighted by Gasteiger charge is 2.22. The second-order valence-corrected chi connectivity index (χ2v) is 8.37. The number of carbonyl (C=O) groups is 1. The molecule has 0 unspecified atom stereocenters. The Kier molecular flexibility index (Phi) is 6.13. The SMILES string of the molecule is CN1CCN(C(=O)c2csc(-c3cccc(OCc4ccc(Cl)cc4)c3)n2)CC1. The van der Waals surface area contributed by atoms with Gasteiger partial charge >= 0.3 is 0 Å². The van der Waals surface area contributed by atoms with Crippen LogP contribution in [0.3, 0.4) is 0 Å². The maximum absolute atomic E-state index is 12.7. The van der Waals surface area contributed by atoms with Crippen LogP contribution in [0.4, 0.5) is 0 Å². The van der Waals surface area contributed by atoms with Crippen LogP contribution in [0.1, 0.15) is 16.1 Å². The number of nitrogens with zero attached hydrogens (tertiary/aromatic N) is 3. The van der Waals surface area contributed by atoms with E-state index in [1.54, 1.807) is 0 Å². The second kappa shape index (κ2) is 8.95. The van der Waals surface area contributed by atoms with Gasteiger partial charge in [-0.2, -0.15) is 0 Å². The van der Waals surface area contributed by atoms with Gasteiger partial charge in [-0.1, -0.05) is 35.9 Å². The minimum atomic E-state index is 0.00995. The molecule has 1 saturated heterocycles. The van der Waals surface area contributed by atoms with E-state index in [9.17, 15) is 4.79 Å². The van der Waals surface area contributed by atoms with Gasteiger partial charge in [0.15, 0.2) is 0 Å². The number of likely N-dealkylation sites (N-methyl/N-ethyl adjacent to an activating group) is 1. The summed E-state index contributed by atoms with van der Waals surface area (Å²) >= 11 is 7.40. The molecule has 1 amide bonds. The zero-order valence-corrected chi connectivity index (χ0v) is 17.7. The summed E-state index contributed by atoms with van der Waals surface area (Å²) in [5.41, 5.74) is 2.51. The first kappa shape index (κ1) is 19.9. The third-order valence-electron chi connectivity index (χ3n) is 4.91. The van der Waals surface area contributed by atoms with E-state index in [0.717, 1.165) is 48.1 Å². The Morgan fingerprint density at radius 1 is 1.14 bits per heavy atom. The molecule has 2 heterocycles. The van der Waals surface area contributed by atoms with Gasteiger partial charge in [-0.25, -0.2) is 4.98 Å². The van der Waals surface area contributed by atoms with Crippen molar-refractivity contribution in [2.24, 2.45) is 0 Å². The molecule has 1 aliphatic rings. The van der Waals surface area contributed by atoms with Crippen LogP contribution >= 0.6 is 22.9 Å². The molecule has 0 bridgehead atoms. The number of hydrogen-bond donors (Lipinski definition) is 0. The molecular formula is C22H22ClN3O2S. The fourth-order valence-corrected chi connectivity index (χ4v) is 4.06. The van der Waals surface area contributed by atoms with Crippen LogP contribution in [0.5, 0.6) is 5.75 Å². The Labute approximate surface area is 179 Å². The number of piperazine rings is 1. The summed E-state index contributed by atoms with van der Waals surface area (Å²) in [6, 6.07) is 15.4. The lowest BCUT2D eigenvalue weighted by Crippen LogP contribution is -2.47. The molecule has 1 aliphatic heterocycles. The van der Waals surface area contributed by atoms with E-state index in [1.807, 2.05) is 58.8 Å². The van der Waals surface area contributed by atoms with Crippen LogP contribution in [-0.4, -0.2) is 53.9 Å². The quantitative estimate of drug-likeness (QED) is 0.604. The summed E-state index contributed by atoms with van der Waals surface area (Å²) in [6.45, 7) is 3.75. The Hall–Kier alpha value is -2.41. The van der Waals surface area contributed by atoms with Gasteiger partial charge in [0.2, 0.25) is 0 Å². The number of carbonyl (C=O) groups excluding carboxylic acids is 1. The van der Waals surface area contributed by atoms with Gasteiger partial charge in [0.05, 0.1) is 0 Å². The van der Waals surface area contributed by atoms with E-state index in [0.29, 0.717) is 17.3 Å². The molecule has 0 saturated carbocycles. The summed E-state index contributed by atoms with van der Waals surface area (Å²) in [6.07, 6.45) is 0. The highest BCUT2D eigenvalue weighted by molar-refractivity contribution is 7.13. The van der Waals surface area contributed by atoms with Crippen LogP contribution in [-0.2, 0) is 6.61 Å². The number of hydrogen-bond acceptors (Lipinski definition) is 5. The van der Waals surface area contributed by atoms with Crippen LogP contribution in [0, 0.1) is 0 Å². The molecular weight excluding hydrogens is 406 g/mol. The van der Waals surface area contributed by atoms with Crippen molar-refractivity contribution < 1.29 is 9.53 Å². The molecule has 3 aromatic rings. The van der Waals surface area contributed by atoms with Gasteiger partial charge in [-0.05, 0) is 36.9 Å². The predicted molar refractivity (Wildman–Crippen MR) is 117 cm³/mol. The highest BCUT2D eigenvalue weighted by Crippen LogP contribution is 2.28. The fourth-order valence-electron chi connectivity index (χ4n) is 3.14. The number of benzene rings is 2.